The van der Waals surface area contributed by atoms with Crippen LogP contribution < -0.4 is 4.74 Å². The average Bonchev–Trinajstić information content (AvgIpc) is 2.86. The quantitative estimate of drug-likeness (QED) is 0.778. The number of hydrogen-bond acceptors (Lipinski definition) is 4. The van der Waals surface area contributed by atoms with Gasteiger partial charge in [-0.15, -0.1) is 11.3 Å². The minimum Gasteiger partial charge on any atom is -0.481 e. The summed E-state index contributed by atoms with van der Waals surface area (Å²) in [6.07, 6.45) is 2.44. The second kappa shape index (κ2) is 4.78. The lowest BCUT2D eigenvalue weighted by Gasteiger charge is -2.18. The lowest BCUT2D eigenvalue weighted by Crippen LogP contribution is -2.26. The minimum absolute atomic E-state index is 0.182. The fraction of sp³-hybridized carbons (Fsp3) is 0.231. The Morgan fingerprint density at radius 1 is 1.44 bits per heavy atom. The van der Waals surface area contributed by atoms with Gasteiger partial charge in [0, 0.05) is 23.7 Å². The Morgan fingerprint density at radius 2 is 2.33 bits per heavy atom. The van der Waals surface area contributed by atoms with Crippen LogP contribution in [0.15, 0.2) is 35.8 Å². The molecular formula is C13H12N2O2S. The lowest BCUT2D eigenvalue weighted by molar-refractivity contribution is -0.119. The smallest absolute Gasteiger partial charge is 0.210 e. The first-order valence-corrected chi connectivity index (χ1v) is 6.58. The van der Waals surface area contributed by atoms with Crippen LogP contribution in [-0.2, 0) is 11.3 Å². The van der Waals surface area contributed by atoms with Crippen LogP contribution in [0.1, 0.15) is 16.7 Å². The molecule has 0 bridgehead atoms. The first-order chi connectivity index (χ1) is 8.86. The van der Waals surface area contributed by atoms with E-state index < -0.39 is 0 Å². The number of thiazole rings is 1. The van der Waals surface area contributed by atoms with Gasteiger partial charge in [-0.2, -0.15) is 0 Å². The summed E-state index contributed by atoms with van der Waals surface area (Å²) in [5.41, 5.74) is 1.03. The third-order valence-electron chi connectivity index (χ3n) is 2.89. The molecule has 0 fully saturated rings. The van der Waals surface area contributed by atoms with Crippen molar-refractivity contribution in [2.75, 3.05) is 6.54 Å². The molecule has 0 saturated heterocycles. The van der Waals surface area contributed by atoms with Crippen molar-refractivity contribution >= 4 is 17.7 Å². The first kappa shape index (κ1) is 11.2. The molecule has 0 N–H and O–H groups in total. The van der Waals surface area contributed by atoms with Gasteiger partial charge < -0.3 is 9.64 Å². The van der Waals surface area contributed by atoms with Gasteiger partial charge in [-0.3, -0.25) is 4.79 Å². The zero-order chi connectivity index (χ0) is 12.4. The molecule has 2 heterocycles. The van der Waals surface area contributed by atoms with E-state index in [9.17, 15) is 4.79 Å². The molecule has 5 heteroatoms. The number of carbonyl (C=O) groups is 1. The van der Waals surface area contributed by atoms with E-state index in [1.54, 1.807) is 22.4 Å². The summed E-state index contributed by atoms with van der Waals surface area (Å²) in [5, 5.41) is 2.82. The summed E-state index contributed by atoms with van der Waals surface area (Å²) in [5.74, 6) is 0.835. The number of benzene rings is 1. The molecule has 0 spiro atoms. The van der Waals surface area contributed by atoms with Gasteiger partial charge in [0.25, 0.3) is 0 Å². The van der Waals surface area contributed by atoms with E-state index in [-0.39, 0.29) is 6.10 Å². The van der Waals surface area contributed by atoms with E-state index >= 15 is 0 Å². The Morgan fingerprint density at radius 3 is 3.11 bits per heavy atom. The molecule has 4 nitrogen and oxygen atoms in total. The van der Waals surface area contributed by atoms with Crippen molar-refractivity contribution in [3.63, 3.8) is 0 Å². The predicted molar refractivity (Wildman–Crippen MR) is 68.4 cm³/mol. The van der Waals surface area contributed by atoms with Gasteiger partial charge in [-0.25, -0.2) is 4.98 Å². The van der Waals surface area contributed by atoms with E-state index in [4.69, 9.17) is 4.74 Å². The maximum atomic E-state index is 11.1. The zero-order valence-electron chi connectivity index (χ0n) is 9.65. The summed E-state index contributed by atoms with van der Waals surface area (Å²) in [7, 11) is 0. The van der Waals surface area contributed by atoms with Gasteiger partial charge in [0.05, 0.1) is 6.54 Å². The summed E-state index contributed by atoms with van der Waals surface area (Å²) in [4.78, 5) is 17.1. The molecule has 2 aromatic rings. The Hall–Kier alpha value is -1.88. The Balaban J connectivity index is 1.97. The number of aromatic nitrogens is 1. The zero-order valence-corrected chi connectivity index (χ0v) is 10.5. The topological polar surface area (TPSA) is 42.4 Å². The van der Waals surface area contributed by atoms with Gasteiger partial charge in [0.15, 0.2) is 6.10 Å². The summed E-state index contributed by atoms with van der Waals surface area (Å²) in [6.45, 7) is 1.12. The number of ether oxygens (including phenoxy) is 1. The molecule has 1 aliphatic heterocycles. The molecule has 1 unspecified atom stereocenters. The highest BCUT2D eigenvalue weighted by Crippen LogP contribution is 2.31. The normalized spacial score (nSPS) is 18.7. The molecule has 92 valence electrons. The molecule has 1 aromatic heterocycles. The second-order valence-corrected chi connectivity index (χ2v) is 5.05. The summed E-state index contributed by atoms with van der Waals surface area (Å²) < 4.78 is 5.98. The number of amides is 1. The van der Waals surface area contributed by atoms with E-state index in [2.05, 4.69) is 4.98 Å². The van der Waals surface area contributed by atoms with Crippen molar-refractivity contribution in [2.24, 2.45) is 0 Å². The van der Waals surface area contributed by atoms with Crippen LogP contribution in [0.5, 0.6) is 5.75 Å². The molecule has 1 aliphatic rings. The Bertz CT molecular complexity index is 542. The molecule has 1 aromatic carbocycles. The van der Waals surface area contributed by atoms with Crippen LogP contribution in [0.3, 0.4) is 0 Å². The standard InChI is InChI=1S/C13H12N2O2S/c16-9-15-7-10-3-1-2-4-11(10)17-12(8-15)13-14-5-6-18-13/h1-6,9,12H,7-8H2. The van der Waals surface area contributed by atoms with Crippen molar-refractivity contribution < 1.29 is 9.53 Å². The Kier molecular flexibility index (Phi) is 2.98. The largest absolute Gasteiger partial charge is 0.481 e. The van der Waals surface area contributed by atoms with E-state index in [1.807, 2.05) is 29.6 Å². The van der Waals surface area contributed by atoms with Crippen molar-refractivity contribution in [3.05, 3.63) is 46.4 Å². The fourth-order valence-electron chi connectivity index (χ4n) is 2.04. The van der Waals surface area contributed by atoms with Crippen LogP contribution >= 0.6 is 11.3 Å². The van der Waals surface area contributed by atoms with E-state index in [1.165, 1.54) is 0 Å². The monoisotopic (exact) mass is 260 g/mol. The molecule has 0 saturated carbocycles. The SMILES string of the molecule is O=CN1Cc2ccccc2OC(c2nccs2)C1. The average molecular weight is 260 g/mol. The third-order valence-corrected chi connectivity index (χ3v) is 3.76. The van der Waals surface area contributed by atoms with Crippen LogP contribution in [0.25, 0.3) is 0 Å². The number of fused-ring (bicyclic) bond motifs is 1. The molecule has 1 atom stereocenters. The molecule has 0 aliphatic carbocycles. The number of carbonyl (C=O) groups excluding carboxylic acids is 1. The van der Waals surface area contributed by atoms with Crippen LogP contribution in [-0.4, -0.2) is 22.8 Å². The number of rotatable bonds is 2. The highest BCUT2D eigenvalue weighted by atomic mass is 32.1. The lowest BCUT2D eigenvalue weighted by atomic mass is 10.2. The van der Waals surface area contributed by atoms with Crippen LogP contribution in [0.4, 0.5) is 0 Å². The highest BCUT2D eigenvalue weighted by Gasteiger charge is 2.24. The number of nitrogens with zero attached hydrogens (tertiary/aromatic N) is 2. The molecule has 18 heavy (non-hydrogen) atoms. The van der Waals surface area contributed by atoms with Crippen molar-refractivity contribution in [1.29, 1.82) is 0 Å². The van der Waals surface area contributed by atoms with Gasteiger partial charge >= 0.3 is 0 Å². The highest BCUT2D eigenvalue weighted by molar-refractivity contribution is 7.09. The predicted octanol–water partition coefficient (Wildman–Crippen LogP) is 2.24. The van der Waals surface area contributed by atoms with E-state index in [0.717, 1.165) is 22.7 Å². The van der Waals surface area contributed by atoms with Gasteiger partial charge in [0.1, 0.15) is 10.8 Å². The summed E-state index contributed by atoms with van der Waals surface area (Å²) >= 11 is 1.55. The summed E-state index contributed by atoms with van der Waals surface area (Å²) in [6, 6.07) is 7.81. The first-order valence-electron chi connectivity index (χ1n) is 5.70. The number of hydrogen-bond donors (Lipinski definition) is 0. The van der Waals surface area contributed by atoms with Crippen molar-refractivity contribution in [3.8, 4) is 5.75 Å². The van der Waals surface area contributed by atoms with Crippen LogP contribution in [0.2, 0.25) is 0 Å². The maximum Gasteiger partial charge on any atom is 0.210 e. The fourth-order valence-corrected chi connectivity index (χ4v) is 2.70. The van der Waals surface area contributed by atoms with Gasteiger partial charge in [0.2, 0.25) is 6.41 Å². The van der Waals surface area contributed by atoms with Crippen molar-refractivity contribution in [1.82, 2.24) is 9.88 Å². The molecule has 3 rings (SSSR count). The Labute approximate surface area is 109 Å². The third kappa shape index (κ3) is 2.09. The molecular weight excluding hydrogens is 248 g/mol. The minimum atomic E-state index is -0.182. The second-order valence-electron chi connectivity index (χ2n) is 4.12. The molecule has 0 radical (unpaired) electrons. The van der Waals surface area contributed by atoms with Crippen molar-refractivity contribution in [2.45, 2.75) is 12.6 Å². The van der Waals surface area contributed by atoms with Gasteiger partial charge in [-0.05, 0) is 6.07 Å². The number of para-hydroxylation sites is 1. The van der Waals surface area contributed by atoms with E-state index in [0.29, 0.717) is 13.1 Å². The van der Waals surface area contributed by atoms with Gasteiger partial charge in [-0.1, -0.05) is 18.2 Å². The molecule has 1 amide bonds. The van der Waals surface area contributed by atoms with Crippen LogP contribution in [0, 0.1) is 0 Å². The maximum absolute atomic E-state index is 11.1.